The molecule has 0 aliphatic carbocycles. The molecule has 0 radical (unpaired) electrons. The second-order valence-corrected chi connectivity index (χ2v) is 10.1. The number of ether oxygens (including phenoxy) is 1. The zero-order chi connectivity index (χ0) is 23.5. The van der Waals surface area contributed by atoms with Crippen LogP contribution >= 0.6 is 0 Å². The number of benzene rings is 2. The molecular formula is C22H25N7O4S. The predicted octanol–water partition coefficient (Wildman–Crippen LogP) is 1.54. The van der Waals surface area contributed by atoms with E-state index in [4.69, 9.17) is 4.74 Å². The molecule has 2 aromatic carbocycles. The Balaban J connectivity index is 1.44. The predicted molar refractivity (Wildman–Crippen MR) is 125 cm³/mol. The van der Waals surface area contributed by atoms with Crippen LogP contribution in [0.2, 0.25) is 0 Å². The number of carbonyl (C=O) groups excluding carboxylic acids is 1. The molecule has 0 spiro atoms. The monoisotopic (exact) mass is 483 g/mol. The topological polar surface area (TPSA) is 123 Å². The van der Waals surface area contributed by atoms with Crippen LogP contribution in [-0.2, 0) is 14.8 Å². The van der Waals surface area contributed by atoms with Crippen LogP contribution in [0, 0.1) is 0 Å². The Labute approximate surface area is 197 Å². The van der Waals surface area contributed by atoms with Crippen LogP contribution in [-0.4, -0.2) is 78.2 Å². The molecule has 0 atom stereocenters. The minimum Gasteiger partial charge on any atom is -0.379 e. The Morgan fingerprint density at radius 3 is 2.38 bits per heavy atom. The average molecular weight is 484 g/mol. The summed E-state index contributed by atoms with van der Waals surface area (Å²) in [5.41, 5.74) is 2.40. The maximum Gasteiger partial charge on any atom is 0.257 e. The molecule has 0 saturated carbocycles. The van der Waals surface area contributed by atoms with E-state index in [0.29, 0.717) is 37.6 Å². The lowest BCUT2D eigenvalue weighted by molar-refractivity contribution is 0.0730. The number of hydrogen-bond acceptors (Lipinski definition) is 8. The fourth-order valence-electron chi connectivity index (χ4n) is 4.20. The number of sulfonamides is 1. The summed E-state index contributed by atoms with van der Waals surface area (Å²) in [6.45, 7) is 2.97. The first-order valence-corrected chi connectivity index (χ1v) is 12.6. The van der Waals surface area contributed by atoms with E-state index in [1.54, 1.807) is 36.4 Å². The molecule has 2 aliphatic heterocycles. The number of nitrogens with one attached hydrogen (secondary N) is 1. The number of nitrogens with zero attached hydrogens (tertiary/aromatic N) is 6. The summed E-state index contributed by atoms with van der Waals surface area (Å²) < 4.78 is 34.6. The Morgan fingerprint density at radius 1 is 0.971 bits per heavy atom. The molecule has 1 aromatic heterocycles. The first-order chi connectivity index (χ1) is 16.5. The van der Waals surface area contributed by atoms with Gasteiger partial charge in [0, 0.05) is 37.6 Å². The highest BCUT2D eigenvalue weighted by Gasteiger charge is 2.29. The van der Waals surface area contributed by atoms with Gasteiger partial charge in [-0.3, -0.25) is 4.79 Å². The molecule has 2 aliphatic rings. The maximum absolute atomic E-state index is 13.4. The molecule has 0 bridgehead atoms. The number of amides is 1. The van der Waals surface area contributed by atoms with E-state index < -0.39 is 10.0 Å². The Morgan fingerprint density at radius 2 is 1.71 bits per heavy atom. The van der Waals surface area contributed by atoms with Gasteiger partial charge in [-0.05, 0) is 65.7 Å². The van der Waals surface area contributed by atoms with Crippen molar-refractivity contribution in [2.45, 2.75) is 17.7 Å². The highest BCUT2D eigenvalue weighted by atomic mass is 32.2. The van der Waals surface area contributed by atoms with E-state index in [1.165, 1.54) is 21.4 Å². The van der Waals surface area contributed by atoms with Crippen LogP contribution in [0.3, 0.4) is 0 Å². The van der Waals surface area contributed by atoms with Crippen LogP contribution in [0.1, 0.15) is 23.2 Å². The van der Waals surface area contributed by atoms with Crippen molar-refractivity contribution in [3.8, 4) is 5.69 Å². The number of morpholine rings is 1. The fraction of sp³-hybridized carbons (Fsp3) is 0.364. The fourth-order valence-corrected chi connectivity index (χ4v) is 5.64. The summed E-state index contributed by atoms with van der Waals surface area (Å²) in [5, 5.41) is 14.0. The highest BCUT2D eigenvalue weighted by Crippen LogP contribution is 2.29. The van der Waals surface area contributed by atoms with Gasteiger partial charge >= 0.3 is 0 Å². The second-order valence-electron chi connectivity index (χ2n) is 8.14. The van der Waals surface area contributed by atoms with Gasteiger partial charge < -0.3 is 15.0 Å². The Kier molecular flexibility index (Phi) is 6.26. The molecule has 12 heteroatoms. The van der Waals surface area contributed by atoms with Gasteiger partial charge in [-0.1, -0.05) is 0 Å². The number of tetrazole rings is 1. The second kappa shape index (κ2) is 9.49. The van der Waals surface area contributed by atoms with Crippen molar-refractivity contribution in [1.29, 1.82) is 0 Å². The quantitative estimate of drug-likeness (QED) is 0.560. The van der Waals surface area contributed by atoms with Crippen molar-refractivity contribution in [3.05, 3.63) is 54.4 Å². The third-order valence-electron chi connectivity index (χ3n) is 6.01. The summed E-state index contributed by atoms with van der Waals surface area (Å²) >= 11 is 0. The molecule has 3 heterocycles. The van der Waals surface area contributed by atoms with Gasteiger partial charge in [0.2, 0.25) is 10.0 Å². The maximum atomic E-state index is 13.4. The van der Waals surface area contributed by atoms with E-state index in [2.05, 4.69) is 25.7 Å². The van der Waals surface area contributed by atoms with Gasteiger partial charge in [-0.15, -0.1) is 5.10 Å². The van der Waals surface area contributed by atoms with Crippen LogP contribution in [0.5, 0.6) is 0 Å². The largest absolute Gasteiger partial charge is 0.379 e. The molecule has 34 heavy (non-hydrogen) atoms. The average Bonchev–Trinajstić information content (AvgIpc) is 3.60. The molecule has 1 N–H and O–H groups in total. The van der Waals surface area contributed by atoms with Crippen molar-refractivity contribution in [2.75, 3.05) is 49.6 Å². The number of rotatable bonds is 6. The van der Waals surface area contributed by atoms with Crippen molar-refractivity contribution in [2.24, 2.45) is 0 Å². The van der Waals surface area contributed by atoms with E-state index in [0.717, 1.165) is 37.3 Å². The molecule has 2 saturated heterocycles. The van der Waals surface area contributed by atoms with E-state index in [1.807, 2.05) is 0 Å². The Bertz CT molecular complexity index is 1250. The van der Waals surface area contributed by atoms with Gasteiger partial charge in [0.05, 0.1) is 29.4 Å². The van der Waals surface area contributed by atoms with Crippen molar-refractivity contribution < 1.29 is 17.9 Å². The van der Waals surface area contributed by atoms with Crippen LogP contribution < -0.4 is 10.2 Å². The number of hydrogen-bond donors (Lipinski definition) is 1. The van der Waals surface area contributed by atoms with Gasteiger partial charge in [-0.2, -0.15) is 4.31 Å². The van der Waals surface area contributed by atoms with Gasteiger partial charge in [0.1, 0.15) is 6.33 Å². The van der Waals surface area contributed by atoms with E-state index >= 15 is 0 Å². The lowest BCUT2D eigenvalue weighted by Crippen LogP contribution is -2.40. The van der Waals surface area contributed by atoms with Gasteiger partial charge in [0.25, 0.3) is 5.91 Å². The molecule has 3 aromatic rings. The number of anilines is 2. The normalized spacial score (nSPS) is 17.1. The zero-order valence-electron chi connectivity index (χ0n) is 18.5. The number of carbonyl (C=O) groups is 1. The number of aromatic nitrogens is 4. The SMILES string of the molecule is O=C(Nc1ccc(-n2cnnn2)cc1)c1cc(S(=O)(=O)N2CCOCC2)ccc1N1CCCC1. The molecule has 2 fully saturated rings. The van der Waals surface area contributed by atoms with Crippen LogP contribution in [0.15, 0.2) is 53.7 Å². The molecule has 11 nitrogen and oxygen atoms in total. The lowest BCUT2D eigenvalue weighted by Gasteiger charge is -2.27. The van der Waals surface area contributed by atoms with E-state index in [-0.39, 0.29) is 10.8 Å². The molecule has 178 valence electrons. The summed E-state index contributed by atoms with van der Waals surface area (Å²) in [6, 6.07) is 11.9. The molecule has 5 rings (SSSR count). The van der Waals surface area contributed by atoms with Gasteiger partial charge in [0.15, 0.2) is 0 Å². The van der Waals surface area contributed by atoms with Crippen LogP contribution in [0.4, 0.5) is 11.4 Å². The third-order valence-corrected chi connectivity index (χ3v) is 7.90. The molecule has 0 unspecified atom stereocenters. The summed E-state index contributed by atoms with van der Waals surface area (Å²) in [5.74, 6) is -0.365. The van der Waals surface area contributed by atoms with Crippen molar-refractivity contribution in [1.82, 2.24) is 24.5 Å². The summed E-state index contributed by atoms with van der Waals surface area (Å²) in [6.07, 6.45) is 3.55. The highest BCUT2D eigenvalue weighted by molar-refractivity contribution is 7.89. The Hall–Kier alpha value is -3.35. The standard InChI is InChI=1S/C22H25N7O4S/c30-22(24-17-3-5-18(6-4-17)29-16-23-25-26-29)20-15-19(7-8-21(20)27-9-1-2-10-27)34(31,32)28-11-13-33-14-12-28/h3-8,15-16H,1-2,9-14H2,(H,24,30). The minimum atomic E-state index is -3.73. The lowest BCUT2D eigenvalue weighted by atomic mass is 10.1. The first-order valence-electron chi connectivity index (χ1n) is 11.1. The van der Waals surface area contributed by atoms with Crippen LogP contribution in [0.25, 0.3) is 5.69 Å². The smallest absolute Gasteiger partial charge is 0.257 e. The zero-order valence-corrected chi connectivity index (χ0v) is 19.3. The van der Waals surface area contributed by atoms with Gasteiger partial charge in [-0.25, -0.2) is 13.1 Å². The van der Waals surface area contributed by atoms with Crippen molar-refractivity contribution >= 4 is 27.3 Å². The summed E-state index contributed by atoms with van der Waals surface area (Å²) in [7, 11) is -3.73. The first kappa shape index (κ1) is 22.4. The third kappa shape index (κ3) is 4.52. The summed E-state index contributed by atoms with van der Waals surface area (Å²) in [4.78, 5) is 15.6. The van der Waals surface area contributed by atoms with Crippen molar-refractivity contribution in [3.63, 3.8) is 0 Å². The molecule has 1 amide bonds. The minimum absolute atomic E-state index is 0.108. The molecular weight excluding hydrogens is 458 g/mol. The van der Waals surface area contributed by atoms with E-state index in [9.17, 15) is 13.2 Å².